The fourth-order valence-electron chi connectivity index (χ4n) is 2.76. The molecule has 0 saturated heterocycles. The van der Waals surface area contributed by atoms with Crippen molar-refractivity contribution in [3.63, 3.8) is 0 Å². The number of nitrogens with two attached hydrogens (primary N) is 1. The highest BCUT2D eigenvalue weighted by Crippen LogP contribution is 2.23. The van der Waals surface area contributed by atoms with Crippen LogP contribution in [0.4, 0.5) is 0 Å². The Labute approximate surface area is 170 Å². The number of sulfonamides is 1. The maximum absolute atomic E-state index is 12.4. The molecule has 0 bridgehead atoms. The number of methoxy groups -OCH3 is 1. The molecule has 0 aliphatic heterocycles. The lowest BCUT2D eigenvalue weighted by Gasteiger charge is -2.18. The molecule has 1 amide bonds. The summed E-state index contributed by atoms with van der Waals surface area (Å²) in [6.45, 7) is 1.49. The number of benzene rings is 2. The van der Waals surface area contributed by atoms with Crippen LogP contribution >= 0.6 is 0 Å². The number of amides is 1. The highest BCUT2D eigenvalue weighted by Gasteiger charge is 2.20. The van der Waals surface area contributed by atoms with Crippen molar-refractivity contribution in [1.29, 1.82) is 0 Å². The van der Waals surface area contributed by atoms with Gasteiger partial charge in [-0.1, -0.05) is 43.7 Å². The lowest BCUT2D eigenvalue weighted by Crippen LogP contribution is -2.32. The van der Waals surface area contributed by atoms with Crippen molar-refractivity contribution in [3.05, 3.63) is 59.7 Å². The number of rotatable bonds is 9. The summed E-state index contributed by atoms with van der Waals surface area (Å²) in [6, 6.07) is 12.8. The van der Waals surface area contributed by atoms with Crippen LogP contribution in [0.15, 0.2) is 53.4 Å². The van der Waals surface area contributed by atoms with Gasteiger partial charge in [0.25, 0.3) is 5.91 Å². The summed E-state index contributed by atoms with van der Waals surface area (Å²) in [6.07, 6.45) is 1.59. The van der Waals surface area contributed by atoms with E-state index in [2.05, 4.69) is 5.32 Å². The van der Waals surface area contributed by atoms with Crippen LogP contribution in [0, 0.1) is 0 Å². The number of primary sulfonamides is 1. The Hall–Kier alpha value is -2.91. The number of carbonyl (C=O) groups is 2. The van der Waals surface area contributed by atoms with Crippen molar-refractivity contribution < 1.29 is 27.5 Å². The molecule has 0 saturated carbocycles. The molecule has 156 valence electrons. The summed E-state index contributed by atoms with van der Waals surface area (Å²) in [7, 11) is -2.69. The van der Waals surface area contributed by atoms with Gasteiger partial charge in [-0.15, -0.1) is 0 Å². The summed E-state index contributed by atoms with van der Waals surface area (Å²) >= 11 is 0. The highest BCUT2D eigenvalue weighted by molar-refractivity contribution is 7.89. The van der Waals surface area contributed by atoms with Crippen LogP contribution in [-0.2, 0) is 19.6 Å². The Bertz CT molecular complexity index is 960. The molecular weight excluding hydrogens is 396 g/mol. The van der Waals surface area contributed by atoms with Crippen LogP contribution in [0.5, 0.6) is 5.75 Å². The zero-order chi connectivity index (χ0) is 21.4. The highest BCUT2D eigenvalue weighted by atomic mass is 32.2. The summed E-state index contributed by atoms with van der Waals surface area (Å²) in [5.41, 5.74) is 0.816. The predicted molar refractivity (Wildman–Crippen MR) is 107 cm³/mol. The fourth-order valence-corrected chi connectivity index (χ4v) is 3.30. The van der Waals surface area contributed by atoms with E-state index in [9.17, 15) is 18.0 Å². The third-order valence-corrected chi connectivity index (χ3v) is 5.08. The Morgan fingerprint density at radius 2 is 1.83 bits per heavy atom. The zero-order valence-electron chi connectivity index (χ0n) is 16.3. The fraction of sp³-hybridized carbons (Fsp3) is 0.300. The number of esters is 1. The minimum Gasteiger partial charge on any atom is -0.496 e. The quantitative estimate of drug-likeness (QED) is 0.599. The molecule has 0 unspecified atom stereocenters. The van der Waals surface area contributed by atoms with E-state index in [0.29, 0.717) is 0 Å². The predicted octanol–water partition coefficient (Wildman–Crippen LogP) is 2.16. The van der Waals surface area contributed by atoms with Crippen molar-refractivity contribution in [3.8, 4) is 5.75 Å². The normalized spacial score (nSPS) is 12.1. The molecular formula is C20H24N2O6S. The molecule has 2 aromatic carbocycles. The van der Waals surface area contributed by atoms with Gasteiger partial charge >= 0.3 is 5.97 Å². The summed E-state index contributed by atoms with van der Waals surface area (Å²) in [4.78, 5) is 24.4. The number of carbonyl (C=O) groups excluding carboxylic acids is 2. The van der Waals surface area contributed by atoms with Gasteiger partial charge in [-0.05, 0) is 30.2 Å². The Morgan fingerprint density at radius 1 is 1.14 bits per heavy atom. The van der Waals surface area contributed by atoms with Crippen LogP contribution < -0.4 is 15.2 Å². The topological polar surface area (TPSA) is 125 Å². The Kier molecular flexibility index (Phi) is 7.74. The summed E-state index contributed by atoms with van der Waals surface area (Å²) < 4.78 is 33.1. The standard InChI is InChI=1S/C20H24N2O6S/c1-3-7-17(14-8-5-4-6-9-14)22-19(23)13-28-20(24)16-12-15(29(21,25)26)10-11-18(16)27-2/h4-6,8-12,17H,3,7,13H2,1-2H3,(H,22,23)(H2,21,25,26)/t17-/m1/s1. The third kappa shape index (κ3) is 6.30. The van der Waals surface area contributed by atoms with Crippen molar-refractivity contribution in [2.75, 3.05) is 13.7 Å². The van der Waals surface area contributed by atoms with E-state index in [0.717, 1.165) is 24.5 Å². The minimum atomic E-state index is -4.01. The van der Waals surface area contributed by atoms with E-state index in [-0.39, 0.29) is 22.3 Å². The average Bonchev–Trinajstić information content (AvgIpc) is 2.71. The van der Waals surface area contributed by atoms with Crippen molar-refractivity contribution in [2.24, 2.45) is 5.14 Å². The van der Waals surface area contributed by atoms with Crippen LogP contribution in [0.25, 0.3) is 0 Å². The molecule has 0 aliphatic rings. The van der Waals surface area contributed by atoms with E-state index in [1.165, 1.54) is 19.2 Å². The Morgan fingerprint density at radius 3 is 2.41 bits per heavy atom. The summed E-state index contributed by atoms with van der Waals surface area (Å²) in [5.74, 6) is -1.26. The van der Waals surface area contributed by atoms with Crippen LogP contribution in [0.3, 0.4) is 0 Å². The van der Waals surface area contributed by atoms with Crippen LogP contribution in [0.2, 0.25) is 0 Å². The molecule has 0 heterocycles. The lowest BCUT2D eigenvalue weighted by atomic mass is 10.0. The first-order valence-corrected chi connectivity index (χ1v) is 10.5. The van der Waals surface area contributed by atoms with Gasteiger partial charge in [0.15, 0.2) is 6.61 Å². The van der Waals surface area contributed by atoms with Gasteiger partial charge in [0, 0.05) is 0 Å². The molecule has 0 radical (unpaired) electrons. The molecule has 2 rings (SSSR count). The second-order valence-corrected chi connectivity index (χ2v) is 7.86. The molecule has 8 nitrogen and oxygen atoms in total. The van der Waals surface area contributed by atoms with Crippen molar-refractivity contribution in [1.82, 2.24) is 5.32 Å². The SMILES string of the molecule is CCC[C@@H](NC(=O)COC(=O)c1cc(S(N)(=O)=O)ccc1OC)c1ccccc1. The molecule has 0 aliphatic carbocycles. The minimum absolute atomic E-state index is 0.107. The third-order valence-electron chi connectivity index (χ3n) is 4.17. The first-order valence-electron chi connectivity index (χ1n) is 8.98. The molecule has 29 heavy (non-hydrogen) atoms. The van der Waals surface area contributed by atoms with E-state index >= 15 is 0 Å². The van der Waals surface area contributed by atoms with Crippen LogP contribution in [0.1, 0.15) is 41.7 Å². The maximum Gasteiger partial charge on any atom is 0.342 e. The summed E-state index contributed by atoms with van der Waals surface area (Å²) in [5, 5.41) is 7.94. The van der Waals surface area contributed by atoms with Gasteiger partial charge in [-0.3, -0.25) is 4.79 Å². The first kappa shape index (κ1) is 22.4. The molecule has 1 atom stereocenters. The van der Waals surface area contributed by atoms with Crippen LogP contribution in [-0.4, -0.2) is 34.0 Å². The van der Waals surface area contributed by atoms with Gasteiger partial charge in [-0.25, -0.2) is 18.4 Å². The molecule has 0 fully saturated rings. The van der Waals surface area contributed by atoms with Gasteiger partial charge in [-0.2, -0.15) is 0 Å². The zero-order valence-corrected chi connectivity index (χ0v) is 17.1. The van der Waals surface area contributed by atoms with E-state index < -0.39 is 28.5 Å². The lowest BCUT2D eigenvalue weighted by molar-refractivity contribution is -0.125. The van der Waals surface area contributed by atoms with Gasteiger partial charge in [0.2, 0.25) is 10.0 Å². The second kappa shape index (κ2) is 10.0. The van der Waals surface area contributed by atoms with E-state index in [1.54, 1.807) is 0 Å². The largest absolute Gasteiger partial charge is 0.496 e. The van der Waals surface area contributed by atoms with Crippen molar-refractivity contribution in [2.45, 2.75) is 30.7 Å². The number of hydrogen-bond donors (Lipinski definition) is 2. The van der Waals surface area contributed by atoms with E-state index in [1.807, 2.05) is 37.3 Å². The van der Waals surface area contributed by atoms with Gasteiger partial charge in [0.05, 0.1) is 18.0 Å². The monoisotopic (exact) mass is 420 g/mol. The molecule has 0 aromatic heterocycles. The average molecular weight is 420 g/mol. The number of ether oxygens (including phenoxy) is 2. The van der Waals surface area contributed by atoms with Crippen molar-refractivity contribution >= 4 is 21.9 Å². The molecule has 3 N–H and O–H groups in total. The van der Waals surface area contributed by atoms with Gasteiger partial charge in [0.1, 0.15) is 11.3 Å². The maximum atomic E-state index is 12.4. The Balaban J connectivity index is 2.07. The number of nitrogens with one attached hydrogen (secondary N) is 1. The van der Waals surface area contributed by atoms with Gasteiger partial charge < -0.3 is 14.8 Å². The second-order valence-electron chi connectivity index (χ2n) is 6.30. The molecule has 2 aromatic rings. The smallest absolute Gasteiger partial charge is 0.342 e. The molecule has 9 heteroatoms. The number of hydrogen-bond acceptors (Lipinski definition) is 6. The first-order chi connectivity index (χ1) is 13.8. The molecule has 0 spiro atoms. The van der Waals surface area contributed by atoms with E-state index in [4.69, 9.17) is 14.6 Å².